The van der Waals surface area contributed by atoms with Crippen LogP contribution in [-0.2, 0) is 10.0 Å². The first kappa shape index (κ1) is 23.9. The Hall–Kier alpha value is -3.48. The van der Waals surface area contributed by atoms with Crippen molar-refractivity contribution in [2.24, 2.45) is 10.3 Å². The van der Waals surface area contributed by atoms with E-state index in [2.05, 4.69) is 9.71 Å². The summed E-state index contributed by atoms with van der Waals surface area (Å²) in [7, 11) is -4.32. The molecule has 0 spiro atoms. The predicted molar refractivity (Wildman–Crippen MR) is 125 cm³/mol. The number of nitrogens with zero attached hydrogens (tertiary/aromatic N) is 3. The molecule has 1 saturated heterocycles. The van der Waals surface area contributed by atoms with Gasteiger partial charge in [-0.25, -0.2) is 4.39 Å². The van der Waals surface area contributed by atoms with Crippen molar-refractivity contribution in [2.45, 2.75) is 48.8 Å². The molecule has 0 unspecified atom stereocenters. The van der Waals surface area contributed by atoms with E-state index in [0.717, 1.165) is 21.9 Å². The molecular weight excluding hydrogens is 516 g/mol. The Balaban J connectivity index is 1.37. The summed E-state index contributed by atoms with van der Waals surface area (Å²) in [5.74, 6) is -2.35. The van der Waals surface area contributed by atoms with Gasteiger partial charge in [0.1, 0.15) is 22.6 Å². The van der Waals surface area contributed by atoms with Crippen molar-refractivity contribution in [1.29, 1.82) is 0 Å². The van der Waals surface area contributed by atoms with Gasteiger partial charge in [-0.3, -0.25) is 14.5 Å². The van der Waals surface area contributed by atoms with Crippen LogP contribution in [0.2, 0.25) is 0 Å². The summed E-state index contributed by atoms with van der Waals surface area (Å²) in [5.41, 5.74) is -0.125. The number of nitrogens with one attached hydrogen (secondary N) is 1. The zero-order chi connectivity index (χ0) is 26.3. The highest BCUT2D eigenvalue weighted by atomic mass is 32.2. The Morgan fingerprint density at radius 3 is 2.24 bits per heavy atom. The van der Waals surface area contributed by atoms with Crippen LogP contribution >= 0.6 is 0 Å². The molecule has 37 heavy (non-hydrogen) atoms. The van der Waals surface area contributed by atoms with Crippen molar-refractivity contribution in [3.8, 4) is 0 Å². The number of hydrogen-bond acceptors (Lipinski definition) is 6. The van der Waals surface area contributed by atoms with Crippen LogP contribution in [-0.4, -0.2) is 55.8 Å². The topological polar surface area (TPSA) is 99.2 Å². The Kier molecular flexibility index (Phi) is 5.17. The van der Waals surface area contributed by atoms with Crippen LogP contribution in [0.1, 0.15) is 46.4 Å². The average molecular weight is 537 g/mol. The molecule has 6 rings (SSSR count). The number of rotatable bonds is 3. The number of anilines is 2. The van der Waals surface area contributed by atoms with Crippen molar-refractivity contribution in [2.75, 3.05) is 16.8 Å². The van der Waals surface area contributed by atoms with E-state index in [0.29, 0.717) is 12.8 Å². The number of sulfonamides is 1. The minimum atomic E-state index is -4.82. The number of carbonyl (C=O) groups excluding carboxylic acids is 2. The number of carbonyl (C=O) groups is 2. The van der Waals surface area contributed by atoms with Crippen LogP contribution in [0.25, 0.3) is 0 Å². The largest absolute Gasteiger partial charge is 0.408 e. The molecule has 1 N–H and O–H groups in total. The van der Waals surface area contributed by atoms with Gasteiger partial charge in [-0.05, 0) is 49.9 Å². The van der Waals surface area contributed by atoms with Gasteiger partial charge in [0.15, 0.2) is 0 Å². The Labute approximate surface area is 209 Å². The van der Waals surface area contributed by atoms with E-state index in [9.17, 15) is 35.6 Å². The highest BCUT2D eigenvalue weighted by molar-refractivity contribution is 7.90. The van der Waals surface area contributed by atoms with Gasteiger partial charge in [0, 0.05) is 18.5 Å². The lowest BCUT2D eigenvalue weighted by atomic mass is 9.94. The number of benzene rings is 2. The second-order valence-electron chi connectivity index (χ2n) is 9.60. The van der Waals surface area contributed by atoms with Crippen LogP contribution in [0.15, 0.2) is 45.7 Å². The van der Waals surface area contributed by atoms with Crippen molar-refractivity contribution < 1.29 is 35.6 Å². The molecule has 0 aromatic heterocycles. The fourth-order valence-corrected chi connectivity index (χ4v) is 6.53. The molecule has 2 aromatic carbocycles. The maximum absolute atomic E-state index is 14.6. The second-order valence-corrected chi connectivity index (χ2v) is 11.2. The Morgan fingerprint density at radius 2 is 1.65 bits per heavy atom. The third-order valence-corrected chi connectivity index (χ3v) is 8.53. The first-order chi connectivity index (χ1) is 17.5. The zero-order valence-electron chi connectivity index (χ0n) is 19.1. The second kappa shape index (κ2) is 8.01. The quantitative estimate of drug-likeness (QED) is 0.471. The lowest BCUT2D eigenvalue weighted by Gasteiger charge is -2.44. The maximum atomic E-state index is 14.6. The Morgan fingerprint density at radius 1 is 1.00 bits per heavy atom. The molecule has 4 aliphatic rings. The van der Waals surface area contributed by atoms with E-state index in [1.807, 2.05) is 0 Å². The molecule has 8 nitrogen and oxygen atoms in total. The van der Waals surface area contributed by atoms with Crippen molar-refractivity contribution >= 4 is 39.0 Å². The number of piperidine rings is 1. The maximum Gasteiger partial charge on any atom is 0.408 e. The fraction of sp³-hybridized carbons (Fsp3) is 0.375. The monoisotopic (exact) mass is 536 g/mol. The molecule has 2 atom stereocenters. The molecule has 13 heteroatoms. The van der Waals surface area contributed by atoms with E-state index in [4.69, 9.17) is 0 Å². The zero-order valence-corrected chi connectivity index (χ0v) is 19.9. The van der Waals surface area contributed by atoms with Crippen LogP contribution in [0, 0.1) is 11.7 Å². The minimum absolute atomic E-state index is 0.0142. The molecule has 2 fully saturated rings. The molecule has 0 radical (unpaired) electrons. The summed E-state index contributed by atoms with van der Waals surface area (Å²) in [5, 5.41) is 2.85. The molecule has 1 aliphatic carbocycles. The van der Waals surface area contributed by atoms with Gasteiger partial charge in [0.25, 0.3) is 21.8 Å². The summed E-state index contributed by atoms with van der Waals surface area (Å²) in [6.45, 7) is -0.296. The van der Waals surface area contributed by atoms with Gasteiger partial charge in [-0.2, -0.15) is 21.6 Å². The number of amidine groups is 1. The van der Waals surface area contributed by atoms with E-state index in [1.54, 1.807) is 12.1 Å². The van der Waals surface area contributed by atoms with Gasteiger partial charge < -0.3 is 10.2 Å². The van der Waals surface area contributed by atoms with E-state index in [1.165, 1.54) is 12.1 Å². The van der Waals surface area contributed by atoms with E-state index < -0.39 is 57.2 Å². The molecule has 3 aliphatic heterocycles. The summed E-state index contributed by atoms with van der Waals surface area (Å²) in [6.07, 6.45) is -4.11. The molecule has 2 aromatic rings. The van der Waals surface area contributed by atoms with Crippen LogP contribution in [0.3, 0.4) is 0 Å². The first-order valence-corrected chi connectivity index (χ1v) is 13.2. The number of amides is 2. The summed E-state index contributed by atoms with van der Waals surface area (Å²) < 4.78 is 87.0. The number of hydrogen-bond donors (Lipinski definition) is 1. The lowest BCUT2D eigenvalue weighted by molar-refractivity contribution is -0.155. The highest BCUT2D eigenvalue weighted by Gasteiger charge is 2.51. The third kappa shape index (κ3) is 3.87. The Bertz CT molecular complexity index is 1450. The lowest BCUT2D eigenvalue weighted by Crippen LogP contribution is -2.57. The summed E-state index contributed by atoms with van der Waals surface area (Å²) in [6, 6.07) is 4.42. The van der Waals surface area contributed by atoms with Gasteiger partial charge in [0.2, 0.25) is 0 Å². The predicted octanol–water partition coefficient (Wildman–Crippen LogP) is 3.94. The number of halogens is 4. The van der Waals surface area contributed by atoms with Crippen LogP contribution < -0.4 is 10.2 Å². The minimum Gasteiger partial charge on any atom is -0.358 e. The van der Waals surface area contributed by atoms with Gasteiger partial charge in [0.05, 0.1) is 22.5 Å². The number of alkyl halides is 3. The first-order valence-electron chi connectivity index (χ1n) is 11.7. The van der Waals surface area contributed by atoms with Gasteiger partial charge in [-0.15, -0.1) is 4.40 Å². The molecule has 2 amide bonds. The molecular formula is C24H20F4N4O4S. The fourth-order valence-electron chi connectivity index (χ4n) is 5.31. The molecule has 194 valence electrons. The van der Waals surface area contributed by atoms with Gasteiger partial charge >= 0.3 is 6.18 Å². The van der Waals surface area contributed by atoms with Crippen molar-refractivity contribution in [3.63, 3.8) is 0 Å². The molecule has 1 saturated carbocycles. The third-order valence-electron chi connectivity index (χ3n) is 7.21. The van der Waals surface area contributed by atoms with Crippen molar-refractivity contribution in [1.82, 2.24) is 4.90 Å². The average Bonchev–Trinajstić information content (AvgIpc) is 3.65. The van der Waals surface area contributed by atoms with Crippen LogP contribution in [0.4, 0.5) is 28.9 Å². The van der Waals surface area contributed by atoms with E-state index >= 15 is 0 Å². The SMILES string of the molecule is O=C1c2ccccc2C(=O)N1[C@@H]1CCN(c2cc(F)cc3c2NC(C2CC2)=NS3(=O)=O)[C@H](C(F)(F)F)C1. The number of imide groups is 1. The smallest absolute Gasteiger partial charge is 0.358 e. The van der Waals surface area contributed by atoms with Crippen LogP contribution in [0.5, 0.6) is 0 Å². The number of fused-ring (bicyclic) bond motifs is 2. The highest BCUT2D eigenvalue weighted by Crippen LogP contribution is 2.45. The standard InChI is InChI=1S/C24H20F4N4O4S/c25-13-9-17(20-18(10-13)37(35,36)30-21(29-20)12-5-6-12)31-8-7-14(11-19(31)24(26,27)28)32-22(33)15-3-1-2-4-16(15)23(32)34/h1-4,9-10,12,14,19H,5-8,11H2,(H,29,30)/t14-,19+/m1/s1. The molecule has 3 heterocycles. The molecule has 0 bridgehead atoms. The normalized spacial score (nSPS) is 24.9. The van der Waals surface area contributed by atoms with E-state index in [-0.39, 0.29) is 47.2 Å². The van der Waals surface area contributed by atoms with Gasteiger partial charge in [-0.1, -0.05) is 12.1 Å². The van der Waals surface area contributed by atoms with Crippen molar-refractivity contribution in [3.05, 3.63) is 53.3 Å². The summed E-state index contributed by atoms with van der Waals surface area (Å²) in [4.78, 5) is 27.1. The summed E-state index contributed by atoms with van der Waals surface area (Å²) >= 11 is 0.